The molecule has 1 heterocycles. The fraction of sp³-hybridized carbons (Fsp3) is 0.929. The van der Waals surface area contributed by atoms with Gasteiger partial charge in [0, 0.05) is 11.3 Å². The second-order valence-corrected chi connectivity index (χ2v) is 6.92. The smallest absolute Gasteiger partial charge is 0.157 e. The average Bonchev–Trinajstić information content (AvgIpc) is 2.63. The van der Waals surface area contributed by atoms with E-state index >= 15 is 0 Å². The number of amidine groups is 1. The Morgan fingerprint density at radius 1 is 1.29 bits per heavy atom. The van der Waals surface area contributed by atoms with Crippen LogP contribution >= 0.6 is 11.8 Å². The monoisotopic (exact) mass is 254 g/mol. The normalized spacial score (nSPS) is 34.2. The number of hydrogen-bond acceptors (Lipinski definition) is 3. The van der Waals surface area contributed by atoms with Crippen molar-refractivity contribution in [1.82, 2.24) is 5.32 Å². The fourth-order valence-electron chi connectivity index (χ4n) is 2.78. The minimum Gasteiger partial charge on any atom is -0.362 e. The molecule has 1 fully saturated rings. The molecule has 0 amide bonds. The summed E-state index contributed by atoms with van der Waals surface area (Å²) in [5.41, 5.74) is 0. The minimum atomic E-state index is 0.687. The highest BCUT2D eigenvalue weighted by Gasteiger charge is 2.22. The van der Waals surface area contributed by atoms with Gasteiger partial charge in [0.25, 0.3) is 0 Å². The molecule has 1 aliphatic carbocycles. The molecule has 1 saturated carbocycles. The van der Waals surface area contributed by atoms with Crippen LogP contribution in [0.3, 0.4) is 0 Å². The highest BCUT2D eigenvalue weighted by atomic mass is 32.2. The first kappa shape index (κ1) is 13.3. The molecule has 0 radical (unpaired) electrons. The number of thioether (sulfide) groups is 1. The van der Waals surface area contributed by atoms with Crippen molar-refractivity contribution in [2.45, 2.75) is 70.1 Å². The third kappa shape index (κ3) is 4.20. The Hall–Kier alpha value is -0.180. The summed E-state index contributed by atoms with van der Waals surface area (Å²) in [6.45, 7) is 5.68. The van der Waals surface area contributed by atoms with E-state index in [1.54, 1.807) is 0 Å². The Morgan fingerprint density at radius 3 is 3.00 bits per heavy atom. The molecule has 0 saturated heterocycles. The van der Waals surface area contributed by atoms with Gasteiger partial charge in [0.1, 0.15) is 0 Å². The molecule has 2 aliphatic rings. The number of nitrogens with zero attached hydrogens (tertiary/aromatic N) is 1. The van der Waals surface area contributed by atoms with Crippen LogP contribution in [-0.4, -0.2) is 23.0 Å². The Balaban J connectivity index is 1.74. The van der Waals surface area contributed by atoms with Crippen LogP contribution in [0.5, 0.6) is 0 Å². The molecule has 0 spiro atoms. The second-order valence-electron chi connectivity index (χ2n) is 5.63. The molecular weight excluding hydrogens is 228 g/mol. The van der Waals surface area contributed by atoms with Crippen molar-refractivity contribution in [1.29, 1.82) is 0 Å². The Kier molecular flexibility index (Phi) is 5.20. The van der Waals surface area contributed by atoms with Crippen LogP contribution in [0.2, 0.25) is 0 Å². The maximum atomic E-state index is 4.65. The molecule has 98 valence electrons. The number of nitrogens with one attached hydrogen (secondary N) is 1. The van der Waals surface area contributed by atoms with Gasteiger partial charge in [-0.3, -0.25) is 4.99 Å². The van der Waals surface area contributed by atoms with Gasteiger partial charge in [-0.25, -0.2) is 0 Å². The first-order chi connectivity index (χ1) is 8.28. The summed E-state index contributed by atoms with van der Waals surface area (Å²) >= 11 is 1.98. The van der Waals surface area contributed by atoms with E-state index in [1.165, 1.54) is 50.1 Å². The van der Waals surface area contributed by atoms with Gasteiger partial charge in [-0.15, -0.1) is 0 Å². The standard InChI is InChI=1S/C14H26N2S/c1-3-5-13-10-15-14(17-13)16-12-7-4-6-11(2)8-9-12/h11-13H,3-10H2,1-2H3,(H,15,16). The van der Waals surface area contributed by atoms with Crippen LogP contribution in [0.25, 0.3) is 0 Å². The SMILES string of the molecule is CCCC1CN=C(NC2CCCC(C)CC2)S1. The van der Waals surface area contributed by atoms with Gasteiger partial charge in [0.2, 0.25) is 0 Å². The van der Waals surface area contributed by atoms with E-state index in [0.717, 1.165) is 17.7 Å². The van der Waals surface area contributed by atoms with Crippen molar-refractivity contribution in [2.24, 2.45) is 10.9 Å². The first-order valence-corrected chi connectivity index (χ1v) is 8.13. The lowest BCUT2D eigenvalue weighted by Gasteiger charge is -2.17. The number of aliphatic imine (C=N–C) groups is 1. The first-order valence-electron chi connectivity index (χ1n) is 7.25. The van der Waals surface area contributed by atoms with Crippen LogP contribution in [0.4, 0.5) is 0 Å². The zero-order valence-corrected chi connectivity index (χ0v) is 12.1. The van der Waals surface area contributed by atoms with E-state index in [2.05, 4.69) is 24.2 Å². The van der Waals surface area contributed by atoms with E-state index in [0.29, 0.717) is 6.04 Å². The topological polar surface area (TPSA) is 24.4 Å². The van der Waals surface area contributed by atoms with Crippen LogP contribution in [0.1, 0.15) is 58.8 Å². The summed E-state index contributed by atoms with van der Waals surface area (Å²) in [5, 5.41) is 5.65. The molecule has 0 bridgehead atoms. The van der Waals surface area contributed by atoms with Crippen LogP contribution in [-0.2, 0) is 0 Å². The minimum absolute atomic E-state index is 0.687. The van der Waals surface area contributed by atoms with Gasteiger partial charge in [-0.1, -0.05) is 44.9 Å². The summed E-state index contributed by atoms with van der Waals surface area (Å²) in [5.74, 6) is 0.924. The number of hydrogen-bond donors (Lipinski definition) is 1. The molecule has 2 nitrogen and oxygen atoms in total. The maximum absolute atomic E-state index is 4.65. The molecule has 0 aromatic carbocycles. The molecule has 2 rings (SSSR count). The fourth-order valence-corrected chi connectivity index (χ4v) is 3.98. The van der Waals surface area contributed by atoms with Crippen LogP contribution < -0.4 is 5.32 Å². The molecule has 3 unspecified atom stereocenters. The highest BCUT2D eigenvalue weighted by Crippen LogP contribution is 2.26. The van der Waals surface area contributed by atoms with Gasteiger partial charge in [0.15, 0.2) is 5.17 Å². The zero-order chi connectivity index (χ0) is 12.1. The van der Waals surface area contributed by atoms with Crippen LogP contribution in [0, 0.1) is 5.92 Å². The van der Waals surface area contributed by atoms with E-state index < -0.39 is 0 Å². The van der Waals surface area contributed by atoms with Crippen molar-refractivity contribution >= 4 is 16.9 Å². The van der Waals surface area contributed by atoms with Crippen molar-refractivity contribution in [3.63, 3.8) is 0 Å². The lowest BCUT2D eigenvalue weighted by Crippen LogP contribution is -2.32. The molecule has 1 N–H and O–H groups in total. The predicted octanol–water partition coefficient (Wildman–Crippen LogP) is 3.82. The largest absolute Gasteiger partial charge is 0.362 e. The summed E-state index contributed by atoms with van der Waals surface area (Å²) in [6, 6.07) is 0.687. The Morgan fingerprint density at radius 2 is 2.18 bits per heavy atom. The quantitative estimate of drug-likeness (QED) is 0.774. The van der Waals surface area contributed by atoms with Gasteiger partial charge in [0.05, 0.1) is 6.54 Å². The van der Waals surface area contributed by atoms with Crippen LogP contribution in [0.15, 0.2) is 4.99 Å². The summed E-state index contributed by atoms with van der Waals surface area (Å²) in [4.78, 5) is 4.65. The van der Waals surface area contributed by atoms with E-state index in [9.17, 15) is 0 Å². The second kappa shape index (κ2) is 6.67. The Labute approximate surface area is 110 Å². The van der Waals surface area contributed by atoms with Gasteiger partial charge >= 0.3 is 0 Å². The van der Waals surface area contributed by atoms with Crippen molar-refractivity contribution in [2.75, 3.05) is 6.54 Å². The van der Waals surface area contributed by atoms with E-state index in [-0.39, 0.29) is 0 Å². The lowest BCUT2D eigenvalue weighted by molar-refractivity contribution is 0.490. The molecule has 0 aromatic rings. The summed E-state index contributed by atoms with van der Waals surface area (Å²) in [7, 11) is 0. The molecule has 0 aromatic heterocycles. The summed E-state index contributed by atoms with van der Waals surface area (Å²) < 4.78 is 0. The Bertz CT molecular complexity index is 265. The van der Waals surface area contributed by atoms with E-state index in [4.69, 9.17) is 0 Å². The maximum Gasteiger partial charge on any atom is 0.157 e. The van der Waals surface area contributed by atoms with Gasteiger partial charge in [-0.05, 0) is 31.6 Å². The summed E-state index contributed by atoms with van der Waals surface area (Å²) in [6.07, 6.45) is 9.43. The van der Waals surface area contributed by atoms with Crippen molar-refractivity contribution in [3.8, 4) is 0 Å². The third-order valence-corrected chi connectivity index (χ3v) is 5.10. The van der Waals surface area contributed by atoms with Gasteiger partial charge < -0.3 is 5.32 Å². The third-order valence-electron chi connectivity index (χ3n) is 3.91. The molecule has 1 aliphatic heterocycles. The molecule has 3 heteroatoms. The molecular formula is C14H26N2S. The van der Waals surface area contributed by atoms with Gasteiger partial charge in [-0.2, -0.15) is 0 Å². The van der Waals surface area contributed by atoms with Crippen molar-refractivity contribution in [3.05, 3.63) is 0 Å². The number of rotatable bonds is 3. The zero-order valence-electron chi connectivity index (χ0n) is 11.2. The van der Waals surface area contributed by atoms with Crippen molar-refractivity contribution < 1.29 is 0 Å². The highest BCUT2D eigenvalue weighted by molar-refractivity contribution is 8.14. The average molecular weight is 254 g/mol. The lowest BCUT2D eigenvalue weighted by atomic mass is 10.0. The molecule has 3 atom stereocenters. The predicted molar refractivity (Wildman–Crippen MR) is 77.8 cm³/mol. The molecule has 17 heavy (non-hydrogen) atoms. The van der Waals surface area contributed by atoms with E-state index in [1.807, 2.05) is 11.8 Å².